The predicted molar refractivity (Wildman–Crippen MR) is 52.1 cm³/mol. The maximum atomic E-state index is 5.24. The Kier molecular flexibility index (Phi) is 1.56. The summed E-state index contributed by atoms with van der Waals surface area (Å²) in [6, 6.07) is 8.68. The summed E-state index contributed by atoms with van der Waals surface area (Å²) in [5.74, 6) is 0. The van der Waals surface area contributed by atoms with Crippen molar-refractivity contribution in [2.24, 2.45) is 0 Å². The second-order valence-electron chi connectivity index (χ2n) is 3.78. The molecule has 1 aromatic carbocycles. The molecule has 1 aromatic rings. The highest BCUT2D eigenvalue weighted by atomic mass is 16.6. The average molecular weight is 175 g/mol. The zero-order chi connectivity index (χ0) is 8.67. The monoisotopic (exact) mass is 175 g/mol. The van der Waals surface area contributed by atoms with Gasteiger partial charge in [0, 0.05) is 18.8 Å². The lowest BCUT2D eigenvalue weighted by Gasteiger charge is -2.17. The molecule has 1 fully saturated rings. The fraction of sp³-hybridized carbons (Fsp3) is 0.455. The van der Waals surface area contributed by atoms with Crippen molar-refractivity contribution < 1.29 is 4.74 Å². The molecule has 68 valence electrons. The van der Waals surface area contributed by atoms with Crippen molar-refractivity contribution in [1.29, 1.82) is 0 Å². The SMILES string of the molecule is c1ccc2c(c1)CCN2C[C@@H]1CO1. The number of hydrogen-bond donors (Lipinski definition) is 0. The normalized spacial score (nSPS) is 24.6. The van der Waals surface area contributed by atoms with E-state index in [4.69, 9.17) is 4.74 Å². The van der Waals surface area contributed by atoms with E-state index in [1.165, 1.54) is 24.2 Å². The summed E-state index contributed by atoms with van der Waals surface area (Å²) in [7, 11) is 0. The lowest BCUT2D eigenvalue weighted by atomic mass is 10.2. The van der Waals surface area contributed by atoms with E-state index in [0.29, 0.717) is 6.10 Å². The molecule has 2 heterocycles. The minimum Gasteiger partial charge on any atom is -0.371 e. The second-order valence-corrected chi connectivity index (χ2v) is 3.78. The molecular weight excluding hydrogens is 162 g/mol. The van der Waals surface area contributed by atoms with E-state index in [1.807, 2.05) is 0 Å². The van der Waals surface area contributed by atoms with Gasteiger partial charge in [-0.1, -0.05) is 18.2 Å². The molecule has 0 aliphatic carbocycles. The lowest BCUT2D eigenvalue weighted by Crippen LogP contribution is -2.25. The quantitative estimate of drug-likeness (QED) is 0.632. The highest BCUT2D eigenvalue weighted by molar-refractivity contribution is 5.57. The molecule has 1 atom stereocenters. The van der Waals surface area contributed by atoms with Crippen LogP contribution in [0, 0.1) is 0 Å². The highest BCUT2D eigenvalue weighted by Crippen LogP contribution is 2.28. The average Bonchev–Trinajstić information content (AvgIpc) is 2.88. The first kappa shape index (κ1) is 7.39. The second kappa shape index (κ2) is 2.74. The lowest BCUT2D eigenvalue weighted by molar-refractivity contribution is 0.408. The first-order valence-corrected chi connectivity index (χ1v) is 4.88. The molecule has 2 nitrogen and oxygen atoms in total. The molecule has 0 saturated carbocycles. The van der Waals surface area contributed by atoms with Crippen molar-refractivity contribution in [3.05, 3.63) is 29.8 Å². The summed E-state index contributed by atoms with van der Waals surface area (Å²) in [5, 5.41) is 0. The van der Waals surface area contributed by atoms with Crippen molar-refractivity contribution in [1.82, 2.24) is 0 Å². The molecule has 2 aliphatic heterocycles. The Labute approximate surface area is 78.1 Å². The van der Waals surface area contributed by atoms with Gasteiger partial charge in [0.15, 0.2) is 0 Å². The number of benzene rings is 1. The number of fused-ring (bicyclic) bond motifs is 1. The zero-order valence-electron chi connectivity index (χ0n) is 7.57. The topological polar surface area (TPSA) is 15.8 Å². The number of rotatable bonds is 2. The van der Waals surface area contributed by atoms with Crippen molar-refractivity contribution >= 4 is 5.69 Å². The van der Waals surface area contributed by atoms with Crippen LogP contribution in [0.5, 0.6) is 0 Å². The van der Waals surface area contributed by atoms with Crippen LogP contribution in [0.4, 0.5) is 5.69 Å². The zero-order valence-corrected chi connectivity index (χ0v) is 7.57. The van der Waals surface area contributed by atoms with Crippen molar-refractivity contribution in [3.63, 3.8) is 0 Å². The number of anilines is 1. The number of epoxide rings is 1. The smallest absolute Gasteiger partial charge is 0.0984 e. The number of ether oxygens (including phenoxy) is 1. The van der Waals surface area contributed by atoms with Gasteiger partial charge in [0.1, 0.15) is 0 Å². The summed E-state index contributed by atoms with van der Waals surface area (Å²) >= 11 is 0. The first-order valence-electron chi connectivity index (χ1n) is 4.88. The molecule has 2 aliphatic rings. The Hall–Kier alpha value is -1.02. The van der Waals surface area contributed by atoms with Crippen LogP contribution in [0.25, 0.3) is 0 Å². The van der Waals surface area contributed by atoms with Gasteiger partial charge in [0.05, 0.1) is 12.7 Å². The molecule has 0 spiro atoms. The Bertz CT molecular complexity index is 320. The van der Waals surface area contributed by atoms with E-state index in [2.05, 4.69) is 29.2 Å². The Morgan fingerprint density at radius 2 is 2.23 bits per heavy atom. The minimum absolute atomic E-state index is 0.506. The summed E-state index contributed by atoms with van der Waals surface area (Å²) in [5.41, 5.74) is 2.90. The number of hydrogen-bond acceptors (Lipinski definition) is 2. The third-order valence-corrected chi connectivity index (χ3v) is 2.81. The van der Waals surface area contributed by atoms with Gasteiger partial charge >= 0.3 is 0 Å². The Morgan fingerprint density at radius 1 is 1.38 bits per heavy atom. The van der Waals surface area contributed by atoms with Gasteiger partial charge in [-0.15, -0.1) is 0 Å². The number of nitrogens with zero attached hydrogens (tertiary/aromatic N) is 1. The maximum Gasteiger partial charge on any atom is 0.0984 e. The fourth-order valence-electron chi connectivity index (χ4n) is 2.02. The summed E-state index contributed by atoms with van der Waals surface area (Å²) in [6.07, 6.45) is 1.70. The van der Waals surface area contributed by atoms with Gasteiger partial charge in [-0.25, -0.2) is 0 Å². The molecule has 1 saturated heterocycles. The molecule has 0 amide bonds. The third kappa shape index (κ3) is 1.31. The van der Waals surface area contributed by atoms with Crippen LogP contribution in [0.2, 0.25) is 0 Å². The van der Waals surface area contributed by atoms with Crippen LogP contribution >= 0.6 is 0 Å². The third-order valence-electron chi connectivity index (χ3n) is 2.81. The minimum atomic E-state index is 0.506. The van der Waals surface area contributed by atoms with Gasteiger partial charge in [0.2, 0.25) is 0 Å². The van der Waals surface area contributed by atoms with E-state index >= 15 is 0 Å². The molecular formula is C11H13NO. The predicted octanol–water partition coefficient (Wildman–Crippen LogP) is 1.45. The Morgan fingerprint density at radius 3 is 3.08 bits per heavy atom. The molecule has 0 unspecified atom stereocenters. The van der Waals surface area contributed by atoms with Gasteiger partial charge in [-0.05, 0) is 18.1 Å². The van der Waals surface area contributed by atoms with Gasteiger partial charge < -0.3 is 9.64 Å². The van der Waals surface area contributed by atoms with Crippen molar-refractivity contribution in [3.8, 4) is 0 Å². The van der Waals surface area contributed by atoms with Gasteiger partial charge in [-0.3, -0.25) is 0 Å². The van der Waals surface area contributed by atoms with E-state index in [9.17, 15) is 0 Å². The van der Waals surface area contributed by atoms with Gasteiger partial charge in [0.25, 0.3) is 0 Å². The molecule has 0 aromatic heterocycles. The van der Waals surface area contributed by atoms with E-state index < -0.39 is 0 Å². The molecule has 0 N–H and O–H groups in total. The number of para-hydroxylation sites is 1. The summed E-state index contributed by atoms with van der Waals surface area (Å²) in [6.45, 7) is 3.20. The van der Waals surface area contributed by atoms with Crippen LogP contribution in [0.3, 0.4) is 0 Å². The van der Waals surface area contributed by atoms with Gasteiger partial charge in [-0.2, -0.15) is 0 Å². The van der Waals surface area contributed by atoms with Crippen molar-refractivity contribution in [2.75, 3.05) is 24.6 Å². The van der Waals surface area contributed by atoms with Crippen LogP contribution < -0.4 is 4.90 Å². The molecule has 3 rings (SSSR count). The molecule has 13 heavy (non-hydrogen) atoms. The highest BCUT2D eigenvalue weighted by Gasteiger charge is 2.28. The van der Waals surface area contributed by atoms with E-state index in [0.717, 1.165) is 13.2 Å². The maximum absolute atomic E-state index is 5.24. The molecule has 0 bridgehead atoms. The Balaban J connectivity index is 1.84. The fourth-order valence-corrected chi connectivity index (χ4v) is 2.02. The molecule has 0 radical (unpaired) electrons. The van der Waals surface area contributed by atoms with Crippen LogP contribution in [-0.4, -0.2) is 25.8 Å². The van der Waals surface area contributed by atoms with Crippen LogP contribution in [0.1, 0.15) is 5.56 Å². The summed E-state index contributed by atoms with van der Waals surface area (Å²) < 4.78 is 5.24. The molecule has 2 heteroatoms. The summed E-state index contributed by atoms with van der Waals surface area (Å²) in [4.78, 5) is 2.44. The van der Waals surface area contributed by atoms with E-state index in [1.54, 1.807) is 0 Å². The van der Waals surface area contributed by atoms with E-state index in [-0.39, 0.29) is 0 Å². The van der Waals surface area contributed by atoms with Crippen LogP contribution in [-0.2, 0) is 11.2 Å². The van der Waals surface area contributed by atoms with Crippen LogP contribution in [0.15, 0.2) is 24.3 Å². The first-order chi connectivity index (χ1) is 6.43. The largest absolute Gasteiger partial charge is 0.371 e. The standard InChI is InChI=1S/C11H13NO/c1-2-4-11-9(3-1)5-6-12(11)7-10-8-13-10/h1-4,10H,5-8H2/t10-/m1/s1. The van der Waals surface area contributed by atoms with Crippen molar-refractivity contribution in [2.45, 2.75) is 12.5 Å².